The fourth-order valence-electron chi connectivity index (χ4n) is 2.63. The summed E-state index contributed by atoms with van der Waals surface area (Å²) in [6.07, 6.45) is 1.94. The molecule has 0 radical (unpaired) electrons. The average Bonchev–Trinajstić information content (AvgIpc) is 2.98. The number of aliphatic hydroxyl groups is 1. The number of hydrogen-bond acceptors (Lipinski definition) is 3. The SMILES string of the molecule is Cc1ccc(C)c(CSc2nc(CO)cn2Cc2ccccc2)c1. The van der Waals surface area contributed by atoms with E-state index in [1.54, 1.807) is 11.8 Å². The van der Waals surface area contributed by atoms with Gasteiger partial charge in [-0.25, -0.2) is 4.98 Å². The maximum atomic E-state index is 9.42. The van der Waals surface area contributed by atoms with E-state index >= 15 is 0 Å². The van der Waals surface area contributed by atoms with Gasteiger partial charge in [0.15, 0.2) is 5.16 Å². The van der Waals surface area contributed by atoms with Gasteiger partial charge in [-0.1, -0.05) is 65.9 Å². The molecule has 1 heterocycles. The fraction of sp³-hybridized carbons (Fsp3) is 0.250. The highest BCUT2D eigenvalue weighted by Gasteiger charge is 2.10. The molecule has 24 heavy (non-hydrogen) atoms. The van der Waals surface area contributed by atoms with Gasteiger partial charge in [0.2, 0.25) is 0 Å². The Morgan fingerprint density at radius 1 is 1.08 bits per heavy atom. The molecular weight excluding hydrogens is 316 g/mol. The van der Waals surface area contributed by atoms with Crippen molar-refractivity contribution in [2.75, 3.05) is 0 Å². The summed E-state index contributed by atoms with van der Waals surface area (Å²) in [6.45, 7) is 5.00. The number of thioether (sulfide) groups is 1. The van der Waals surface area contributed by atoms with Crippen LogP contribution >= 0.6 is 11.8 Å². The first-order valence-corrected chi connectivity index (χ1v) is 9.04. The molecular formula is C20H22N2OS. The number of nitrogens with zero attached hydrogens (tertiary/aromatic N) is 2. The van der Waals surface area contributed by atoms with Crippen LogP contribution in [0.25, 0.3) is 0 Å². The van der Waals surface area contributed by atoms with E-state index in [1.165, 1.54) is 22.3 Å². The van der Waals surface area contributed by atoms with E-state index in [1.807, 2.05) is 24.4 Å². The van der Waals surface area contributed by atoms with Crippen LogP contribution in [0.1, 0.15) is 27.9 Å². The molecule has 124 valence electrons. The van der Waals surface area contributed by atoms with Crippen molar-refractivity contribution in [2.45, 2.75) is 37.9 Å². The zero-order valence-corrected chi connectivity index (χ0v) is 14.9. The highest BCUT2D eigenvalue weighted by atomic mass is 32.2. The molecule has 0 aliphatic rings. The zero-order valence-electron chi connectivity index (χ0n) is 14.1. The minimum absolute atomic E-state index is 0.0289. The molecule has 3 aromatic rings. The standard InChI is InChI=1S/C20H22N2OS/c1-15-8-9-16(2)18(10-15)14-24-20-21-19(13-23)12-22(20)11-17-6-4-3-5-7-17/h3-10,12,23H,11,13-14H2,1-2H3. The lowest BCUT2D eigenvalue weighted by atomic mass is 10.1. The molecule has 3 nitrogen and oxygen atoms in total. The van der Waals surface area contributed by atoms with Crippen LogP contribution in [0.2, 0.25) is 0 Å². The van der Waals surface area contributed by atoms with Crippen LogP contribution in [0, 0.1) is 13.8 Å². The van der Waals surface area contributed by atoms with Gasteiger partial charge in [0.25, 0.3) is 0 Å². The van der Waals surface area contributed by atoms with Crippen molar-refractivity contribution in [1.82, 2.24) is 9.55 Å². The number of aryl methyl sites for hydroxylation is 2. The van der Waals surface area contributed by atoms with Crippen LogP contribution in [0.4, 0.5) is 0 Å². The molecule has 0 aliphatic heterocycles. The Morgan fingerprint density at radius 3 is 2.62 bits per heavy atom. The number of aliphatic hydroxyl groups excluding tert-OH is 1. The second kappa shape index (κ2) is 7.69. The number of benzene rings is 2. The summed E-state index contributed by atoms with van der Waals surface area (Å²) in [5, 5.41) is 10.4. The Balaban J connectivity index is 1.79. The first-order valence-electron chi connectivity index (χ1n) is 8.05. The minimum Gasteiger partial charge on any atom is -0.390 e. The average molecular weight is 338 g/mol. The van der Waals surface area contributed by atoms with Crippen molar-refractivity contribution in [1.29, 1.82) is 0 Å². The van der Waals surface area contributed by atoms with Gasteiger partial charge in [0.1, 0.15) is 0 Å². The predicted molar refractivity (Wildman–Crippen MR) is 99.2 cm³/mol. The highest BCUT2D eigenvalue weighted by Crippen LogP contribution is 2.25. The van der Waals surface area contributed by atoms with Crippen LogP contribution < -0.4 is 0 Å². The number of hydrogen-bond donors (Lipinski definition) is 1. The van der Waals surface area contributed by atoms with Crippen LogP contribution in [0.3, 0.4) is 0 Å². The van der Waals surface area contributed by atoms with Crippen molar-refractivity contribution in [3.63, 3.8) is 0 Å². The molecule has 0 amide bonds. The molecule has 0 saturated heterocycles. The lowest BCUT2D eigenvalue weighted by Gasteiger charge is -2.09. The van der Waals surface area contributed by atoms with Crippen LogP contribution in [-0.4, -0.2) is 14.7 Å². The Morgan fingerprint density at radius 2 is 1.88 bits per heavy atom. The van der Waals surface area contributed by atoms with Gasteiger partial charge in [-0.05, 0) is 30.5 Å². The molecule has 4 heteroatoms. The van der Waals surface area contributed by atoms with Gasteiger partial charge in [0.05, 0.1) is 12.3 Å². The lowest BCUT2D eigenvalue weighted by Crippen LogP contribution is -2.00. The highest BCUT2D eigenvalue weighted by molar-refractivity contribution is 7.98. The maximum absolute atomic E-state index is 9.42. The number of aromatic nitrogens is 2. The molecule has 0 unspecified atom stereocenters. The molecule has 0 fully saturated rings. The van der Waals surface area contributed by atoms with Crippen LogP contribution in [0.15, 0.2) is 59.9 Å². The van der Waals surface area contributed by atoms with Gasteiger partial charge in [-0.3, -0.25) is 0 Å². The second-order valence-electron chi connectivity index (χ2n) is 6.01. The van der Waals surface area contributed by atoms with E-state index in [2.05, 4.69) is 53.7 Å². The second-order valence-corrected chi connectivity index (χ2v) is 6.95. The topological polar surface area (TPSA) is 38.1 Å². The summed E-state index contributed by atoms with van der Waals surface area (Å²) in [4.78, 5) is 4.57. The first-order chi connectivity index (χ1) is 11.7. The minimum atomic E-state index is -0.0289. The molecule has 2 aromatic carbocycles. The summed E-state index contributed by atoms with van der Waals surface area (Å²) in [6, 6.07) is 16.9. The molecule has 0 aliphatic carbocycles. The summed E-state index contributed by atoms with van der Waals surface area (Å²) >= 11 is 1.72. The summed E-state index contributed by atoms with van der Waals surface area (Å²) in [5.74, 6) is 0.879. The van der Waals surface area contributed by atoms with Crippen LogP contribution in [0.5, 0.6) is 0 Å². The van der Waals surface area contributed by atoms with E-state index in [0.29, 0.717) is 0 Å². The number of imidazole rings is 1. The van der Waals surface area contributed by atoms with E-state index in [-0.39, 0.29) is 6.61 Å². The summed E-state index contributed by atoms with van der Waals surface area (Å²) in [5.41, 5.74) is 5.86. The number of rotatable bonds is 6. The molecule has 0 atom stereocenters. The zero-order chi connectivity index (χ0) is 16.9. The summed E-state index contributed by atoms with van der Waals surface area (Å²) in [7, 11) is 0. The van der Waals surface area contributed by atoms with Gasteiger partial charge in [0, 0.05) is 18.5 Å². The molecule has 1 aromatic heterocycles. The molecule has 0 spiro atoms. The third-order valence-electron chi connectivity index (χ3n) is 4.01. The van der Waals surface area contributed by atoms with Gasteiger partial charge >= 0.3 is 0 Å². The Labute approximate surface area is 147 Å². The largest absolute Gasteiger partial charge is 0.390 e. The maximum Gasteiger partial charge on any atom is 0.168 e. The third-order valence-corrected chi connectivity index (χ3v) is 5.05. The van der Waals surface area contributed by atoms with E-state index < -0.39 is 0 Å². The van der Waals surface area contributed by atoms with E-state index in [9.17, 15) is 5.11 Å². The third kappa shape index (κ3) is 4.08. The Bertz CT molecular complexity index is 812. The fourth-order valence-corrected chi connectivity index (χ4v) is 3.69. The smallest absolute Gasteiger partial charge is 0.168 e. The van der Waals surface area contributed by atoms with Gasteiger partial charge in [-0.2, -0.15) is 0 Å². The molecule has 0 saturated carbocycles. The molecule has 1 N–H and O–H groups in total. The monoisotopic (exact) mass is 338 g/mol. The van der Waals surface area contributed by atoms with Crippen molar-refractivity contribution in [2.24, 2.45) is 0 Å². The normalized spacial score (nSPS) is 11.0. The van der Waals surface area contributed by atoms with E-state index in [4.69, 9.17) is 0 Å². The van der Waals surface area contributed by atoms with Crippen LogP contribution in [-0.2, 0) is 18.9 Å². The molecule has 0 bridgehead atoms. The summed E-state index contributed by atoms with van der Waals surface area (Å²) < 4.78 is 2.12. The lowest BCUT2D eigenvalue weighted by molar-refractivity contribution is 0.277. The van der Waals surface area contributed by atoms with Gasteiger partial charge in [-0.15, -0.1) is 0 Å². The Kier molecular flexibility index (Phi) is 5.38. The van der Waals surface area contributed by atoms with Gasteiger partial charge < -0.3 is 9.67 Å². The van der Waals surface area contributed by atoms with E-state index in [0.717, 1.165) is 23.1 Å². The van der Waals surface area contributed by atoms with Crippen molar-refractivity contribution in [3.05, 3.63) is 82.7 Å². The van der Waals surface area contributed by atoms with Crippen molar-refractivity contribution >= 4 is 11.8 Å². The Hall–Kier alpha value is -2.04. The molecule has 3 rings (SSSR count). The predicted octanol–water partition coefficient (Wildman–Crippen LogP) is 4.33. The van der Waals surface area contributed by atoms with Crippen molar-refractivity contribution in [3.8, 4) is 0 Å². The first kappa shape index (κ1) is 16.8. The quantitative estimate of drug-likeness (QED) is 0.680. The van der Waals surface area contributed by atoms with Crippen molar-refractivity contribution < 1.29 is 5.11 Å².